The summed E-state index contributed by atoms with van der Waals surface area (Å²) in [6.45, 7) is 1.18. The summed E-state index contributed by atoms with van der Waals surface area (Å²) in [5.41, 5.74) is 1.89. The number of carboxylic acid groups (broad SMARTS) is 1. The van der Waals surface area contributed by atoms with Crippen molar-refractivity contribution in [1.82, 2.24) is 19.9 Å². The summed E-state index contributed by atoms with van der Waals surface area (Å²) >= 11 is 0. The normalized spacial score (nSPS) is 13.3. The minimum Gasteiger partial charge on any atom is -0.464 e. The zero-order valence-electron chi connectivity index (χ0n) is 11.8. The molecular weight excluding hydrogens is 303 g/mol. The Balaban J connectivity index is 1.77. The maximum absolute atomic E-state index is 14.6. The molecule has 0 aliphatic carbocycles. The van der Waals surface area contributed by atoms with Gasteiger partial charge in [-0.1, -0.05) is 0 Å². The van der Waals surface area contributed by atoms with Crippen LogP contribution in [0.1, 0.15) is 11.3 Å². The molecule has 0 atom stereocenters. The first kappa shape index (κ1) is 13.6. The third-order valence-corrected chi connectivity index (χ3v) is 3.77. The Labute approximate surface area is 129 Å². The number of carbonyl (C=O) groups is 1. The predicted molar refractivity (Wildman–Crippen MR) is 78.0 cm³/mol. The number of hydrogen-bond acceptors (Lipinski definition) is 5. The molecule has 23 heavy (non-hydrogen) atoms. The van der Waals surface area contributed by atoms with Crippen LogP contribution in [-0.4, -0.2) is 25.7 Å². The lowest BCUT2D eigenvalue weighted by Gasteiger charge is -2.09. The molecule has 0 spiro atoms. The molecule has 1 aromatic carbocycles. The number of fused-ring (bicyclic) bond motifs is 2. The van der Waals surface area contributed by atoms with Crippen LogP contribution in [-0.2, 0) is 13.1 Å². The van der Waals surface area contributed by atoms with Gasteiger partial charge >= 0.3 is 6.09 Å². The highest BCUT2D eigenvalue weighted by atomic mass is 19.1. The largest absolute Gasteiger partial charge is 0.464 e. The van der Waals surface area contributed by atoms with Gasteiger partial charge in [-0.15, -0.1) is 0 Å². The molecule has 7 nitrogen and oxygen atoms in total. The number of aromatic nitrogens is 3. The van der Waals surface area contributed by atoms with Crippen LogP contribution in [0.5, 0.6) is 11.6 Å². The number of hydrogen-bond donors (Lipinski definition) is 2. The fourth-order valence-corrected chi connectivity index (χ4v) is 2.66. The Morgan fingerprint density at radius 2 is 2.17 bits per heavy atom. The van der Waals surface area contributed by atoms with Gasteiger partial charge < -0.3 is 15.2 Å². The molecule has 0 fully saturated rings. The number of ether oxygens (including phenoxy) is 1. The monoisotopic (exact) mass is 314 g/mol. The summed E-state index contributed by atoms with van der Waals surface area (Å²) < 4.78 is 21.2. The van der Waals surface area contributed by atoms with Gasteiger partial charge in [0.05, 0.1) is 16.8 Å². The molecule has 116 valence electrons. The van der Waals surface area contributed by atoms with Crippen molar-refractivity contribution in [1.29, 1.82) is 0 Å². The predicted octanol–water partition coefficient (Wildman–Crippen LogP) is 2.49. The van der Waals surface area contributed by atoms with E-state index in [4.69, 9.17) is 9.84 Å². The average molecular weight is 314 g/mol. The highest BCUT2D eigenvalue weighted by molar-refractivity contribution is 5.90. The van der Waals surface area contributed by atoms with E-state index >= 15 is 0 Å². The van der Waals surface area contributed by atoms with Gasteiger partial charge in [0.15, 0.2) is 11.6 Å². The van der Waals surface area contributed by atoms with Crippen LogP contribution in [0.2, 0.25) is 0 Å². The van der Waals surface area contributed by atoms with Gasteiger partial charge in [-0.3, -0.25) is 4.57 Å². The number of nitrogens with one attached hydrogen (secondary N) is 1. The Bertz CT molecular complexity index is 938. The summed E-state index contributed by atoms with van der Waals surface area (Å²) in [4.78, 5) is 19.3. The second kappa shape index (κ2) is 5.03. The van der Waals surface area contributed by atoms with Crippen LogP contribution < -0.4 is 10.1 Å². The molecule has 2 N–H and O–H groups in total. The van der Waals surface area contributed by atoms with E-state index in [-0.39, 0.29) is 16.7 Å². The van der Waals surface area contributed by atoms with Gasteiger partial charge in [0.2, 0.25) is 5.88 Å². The minimum absolute atomic E-state index is 0.00608. The minimum atomic E-state index is -1.17. The van der Waals surface area contributed by atoms with Crippen molar-refractivity contribution >= 4 is 17.0 Å². The molecular formula is C15H11FN4O3. The van der Waals surface area contributed by atoms with E-state index in [1.165, 1.54) is 30.7 Å². The number of benzene rings is 1. The molecule has 1 aliphatic rings. The van der Waals surface area contributed by atoms with E-state index < -0.39 is 11.9 Å². The number of halogens is 1. The van der Waals surface area contributed by atoms with Gasteiger partial charge in [-0.25, -0.2) is 19.2 Å². The number of rotatable bonds is 2. The standard InChI is InChI=1S/C15H11FN4O3/c16-13-8-3-4-20(15(21)22)11(8)1-2-12(13)23-14-9-5-17-6-10(9)18-7-19-14/h1-4,7,17H,5-6H2,(H,21,22). The van der Waals surface area contributed by atoms with E-state index in [9.17, 15) is 9.18 Å². The molecule has 0 radical (unpaired) electrons. The molecule has 3 heterocycles. The lowest BCUT2D eigenvalue weighted by molar-refractivity contribution is 0.197. The van der Waals surface area contributed by atoms with E-state index in [0.717, 1.165) is 15.8 Å². The van der Waals surface area contributed by atoms with Crippen LogP contribution in [0, 0.1) is 5.82 Å². The van der Waals surface area contributed by atoms with Crippen molar-refractivity contribution in [3.63, 3.8) is 0 Å². The first-order valence-corrected chi connectivity index (χ1v) is 6.89. The lowest BCUT2D eigenvalue weighted by atomic mass is 10.2. The van der Waals surface area contributed by atoms with Gasteiger partial charge in [-0.05, 0) is 18.2 Å². The van der Waals surface area contributed by atoms with Crippen molar-refractivity contribution < 1.29 is 19.0 Å². The van der Waals surface area contributed by atoms with E-state index in [0.29, 0.717) is 19.0 Å². The SMILES string of the molecule is O=C(O)n1ccc2c(F)c(Oc3ncnc4c3CNC4)ccc21. The topological polar surface area (TPSA) is 89.3 Å². The fourth-order valence-electron chi connectivity index (χ4n) is 2.66. The van der Waals surface area contributed by atoms with Crippen molar-refractivity contribution in [2.45, 2.75) is 13.1 Å². The average Bonchev–Trinajstić information content (AvgIpc) is 3.17. The van der Waals surface area contributed by atoms with E-state index in [1.54, 1.807) is 0 Å². The van der Waals surface area contributed by atoms with Crippen LogP contribution in [0.25, 0.3) is 10.9 Å². The van der Waals surface area contributed by atoms with Crippen molar-refractivity contribution in [2.24, 2.45) is 0 Å². The molecule has 0 saturated heterocycles. The second-order valence-corrected chi connectivity index (χ2v) is 5.09. The maximum atomic E-state index is 14.6. The van der Waals surface area contributed by atoms with E-state index in [1.807, 2.05) is 0 Å². The quantitative estimate of drug-likeness (QED) is 0.755. The molecule has 0 bridgehead atoms. The molecule has 8 heteroatoms. The smallest absolute Gasteiger partial charge is 0.416 e. The van der Waals surface area contributed by atoms with Crippen LogP contribution in [0.3, 0.4) is 0 Å². The Kier molecular flexibility index (Phi) is 2.98. The van der Waals surface area contributed by atoms with Crippen LogP contribution in [0.15, 0.2) is 30.7 Å². The van der Waals surface area contributed by atoms with Gasteiger partial charge in [0.25, 0.3) is 0 Å². The summed E-state index contributed by atoms with van der Waals surface area (Å²) in [5, 5.41) is 12.4. The zero-order chi connectivity index (χ0) is 16.0. The Morgan fingerprint density at radius 3 is 3.00 bits per heavy atom. The highest BCUT2D eigenvalue weighted by Gasteiger charge is 2.20. The molecule has 4 rings (SSSR count). The molecule has 3 aromatic rings. The van der Waals surface area contributed by atoms with Crippen LogP contribution in [0.4, 0.5) is 9.18 Å². The Morgan fingerprint density at radius 1 is 1.30 bits per heavy atom. The summed E-state index contributed by atoms with van der Waals surface area (Å²) in [7, 11) is 0. The van der Waals surface area contributed by atoms with Gasteiger partial charge in [-0.2, -0.15) is 0 Å². The molecule has 2 aromatic heterocycles. The zero-order valence-corrected chi connectivity index (χ0v) is 11.8. The van der Waals surface area contributed by atoms with E-state index in [2.05, 4.69) is 15.3 Å². The highest BCUT2D eigenvalue weighted by Crippen LogP contribution is 2.32. The molecule has 0 amide bonds. The summed E-state index contributed by atoms with van der Waals surface area (Å²) in [6, 6.07) is 4.30. The van der Waals surface area contributed by atoms with Crippen LogP contribution >= 0.6 is 0 Å². The molecule has 1 aliphatic heterocycles. The van der Waals surface area contributed by atoms with Gasteiger partial charge in [0, 0.05) is 24.7 Å². The lowest BCUT2D eigenvalue weighted by Crippen LogP contribution is -2.05. The third-order valence-electron chi connectivity index (χ3n) is 3.77. The molecule has 0 unspecified atom stereocenters. The van der Waals surface area contributed by atoms with Crippen molar-refractivity contribution in [3.8, 4) is 11.6 Å². The molecule has 0 saturated carbocycles. The number of nitrogens with zero attached hydrogens (tertiary/aromatic N) is 3. The first-order chi connectivity index (χ1) is 11.1. The second-order valence-electron chi connectivity index (χ2n) is 5.09. The first-order valence-electron chi connectivity index (χ1n) is 6.89. The Hall–Kier alpha value is -3.00. The van der Waals surface area contributed by atoms with Crippen molar-refractivity contribution in [2.75, 3.05) is 0 Å². The van der Waals surface area contributed by atoms with Gasteiger partial charge in [0.1, 0.15) is 6.33 Å². The van der Waals surface area contributed by atoms with Crippen molar-refractivity contribution in [3.05, 3.63) is 47.8 Å². The summed E-state index contributed by atoms with van der Waals surface area (Å²) in [5.74, 6) is -0.329. The third kappa shape index (κ3) is 2.11. The summed E-state index contributed by atoms with van der Waals surface area (Å²) in [6.07, 6.45) is 1.50. The fraction of sp³-hybridized carbons (Fsp3) is 0.133. The maximum Gasteiger partial charge on any atom is 0.416 e.